The molecular formula is C18H23NO4. The zero-order valence-corrected chi connectivity index (χ0v) is 13.7. The van der Waals surface area contributed by atoms with Gasteiger partial charge in [-0.05, 0) is 51.8 Å². The molecule has 0 aliphatic heterocycles. The molecule has 0 aromatic heterocycles. The smallest absolute Gasteiger partial charge is 0.408 e. The number of amides is 1. The summed E-state index contributed by atoms with van der Waals surface area (Å²) in [5, 5.41) is 2.79. The van der Waals surface area contributed by atoms with Gasteiger partial charge in [0.25, 0.3) is 0 Å². The van der Waals surface area contributed by atoms with Crippen molar-refractivity contribution in [2.75, 3.05) is 0 Å². The molecule has 1 aromatic carbocycles. The Labute approximate surface area is 136 Å². The summed E-state index contributed by atoms with van der Waals surface area (Å²) in [5.74, 6) is -0.334. The Hall–Kier alpha value is -2.30. The lowest BCUT2D eigenvalue weighted by Gasteiger charge is -2.25. The number of nitrogens with one attached hydrogen (secondary N) is 1. The van der Waals surface area contributed by atoms with Gasteiger partial charge in [-0.25, -0.2) is 9.59 Å². The van der Waals surface area contributed by atoms with Crippen molar-refractivity contribution in [1.29, 1.82) is 0 Å². The molecule has 0 spiro atoms. The molecule has 5 nitrogen and oxygen atoms in total. The minimum Gasteiger partial charge on any atom is -0.455 e. The van der Waals surface area contributed by atoms with Crippen LogP contribution in [-0.4, -0.2) is 29.8 Å². The second-order valence-electron chi connectivity index (χ2n) is 6.52. The third kappa shape index (κ3) is 5.77. The maximum atomic E-state index is 12.0. The highest BCUT2D eigenvalue weighted by atomic mass is 16.6. The average molecular weight is 317 g/mol. The van der Waals surface area contributed by atoms with Crippen molar-refractivity contribution in [3.8, 4) is 0 Å². The Morgan fingerprint density at radius 2 is 1.78 bits per heavy atom. The van der Waals surface area contributed by atoms with Crippen LogP contribution in [0, 0.1) is 0 Å². The van der Waals surface area contributed by atoms with E-state index in [0.717, 1.165) is 0 Å². The van der Waals surface area contributed by atoms with Crippen LogP contribution in [0.25, 0.3) is 0 Å². The first-order chi connectivity index (χ1) is 10.8. The number of carbonyl (C=O) groups is 2. The molecule has 0 bridgehead atoms. The molecule has 0 saturated carbocycles. The summed E-state index contributed by atoms with van der Waals surface area (Å²) in [5.41, 5.74) is 0.0193. The summed E-state index contributed by atoms with van der Waals surface area (Å²) < 4.78 is 10.7. The van der Waals surface area contributed by atoms with Crippen molar-refractivity contribution in [3.63, 3.8) is 0 Å². The maximum absolute atomic E-state index is 12.0. The van der Waals surface area contributed by atoms with E-state index in [0.29, 0.717) is 18.4 Å². The monoisotopic (exact) mass is 317 g/mol. The van der Waals surface area contributed by atoms with Crippen LogP contribution in [0.1, 0.15) is 44.0 Å². The van der Waals surface area contributed by atoms with Crippen LogP contribution in [0.3, 0.4) is 0 Å². The molecule has 1 aliphatic carbocycles. The molecule has 2 rings (SSSR count). The van der Waals surface area contributed by atoms with Gasteiger partial charge in [-0.1, -0.05) is 24.3 Å². The molecular weight excluding hydrogens is 294 g/mol. The summed E-state index contributed by atoms with van der Waals surface area (Å²) in [7, 11) is 0. The van der Waals surface area contributed by atoms with E-state index >= 15 is 0 Å². The quantitative estimate of drug-likeness (QED) is 0.685. The van der Waals surface area contributed by atoms with E-state index in [9.17, 15) is 9.59 Å². The first kappa shape index (κ1) is 17.1. The lowest BCUT2D eigenvalue weighted by Crippen LogP contribution is -2.40. The lowest BCUT2D eigenvalue weighted by atomic mass is 10.0. The molecule has 0 heterocycles. The van der Waals surface area contributed by atoms with E-state index in [1.165, 1.54) is 0 Å². The van der Waals surface area contributed by atoms with Crippen LogP contribution in [0.15, 0.2) is 42.5 Å². The number of benzene rings is 1. The van der Waals surface area contributed by atoms with Crippen molar-refractivity contribution in [1.82, 2.24) is 5.32 Å². The SMILES string of the molecule is CC(C)(C)OC(=O)N[C@@H]1C=C[C@H](OC(=O)c2ccccc2)CC1. The second kappa shape index (κ2) is 7.31. The Kier molecular flexibility index (Phi) is 5.42. The summed E-state index contributed by atoms with van der Waals surface area (Å²) >= 11 is 0. The molecule has 23 heavy (non-hydrogen) atoms. The summed E-state index contributed by atoms with van der Waals surface area (Å²) in [6.45, 7) is 5.47. The fourth-order valence-electron chi connectivity index (χ4n) is 2.25. The summed E-state index contributed by atoms with van der Waals surface area (Å²) in [6.07, 6.45) is 4.31. The van der Waals surface area contributed by atoms with E-state index < -0.39 is 11.7 Å². The zero-order valence-electron chi connectivity index (χ0n) is 13.7. The Morgan fingerprint density at radius 3 is 2.35 bits per heavy atom. The van der Waals surface area contributed by atoms with Crippen LogP contribution in [0.4, 0.5) is 4.79 Å². The van der Waals surface area contributed by atoms with Crippen LogP contribution in [0.5, 0.6) is 0 Å². The fourth-order valence-corrected chi connectivity index (χ4v) is 2.25. The standard InChI is InChI=1S/C18H23NO4/c1-18(2,3)23-17(21)19-14-9-11-15(12-10-14)22-16(20)13-7-5-4-6-8-13/h4-9,11,14-15H,10,12H2,1-3H3,(H,19,21)/t14-,15+/m1/s1. The maximum Gasteiger partial charge on any atom is 0.408 e. The van der Waals surface area contributed by atoms with Crippen molar-refractivity contribution in [2.24, 2.45) is 0 Å². The minimum absolute atomic E-state index is 0.100. The predicted molar refractivity (Wildman–Crippen MR) is 87.2 cm³/mol. The lowest BCUT2D eigenvalue weighted by molar-refractivity contribution is 0.0348. The molecule has 0 unspecified atom stereocenters. The van der Waals surface area contributed by atoms with E-state index in [2.05, 4.69) is 5.32 Å². The van der Waals surface area contributed by atoms with Gasteiger partial charge >= 0.3 is 12.1 Å². The molecule has 1 amide bonds. The summed E-state index contributed by atoms with van der Waals surface area (Å²) in [4.78, 5) is 23.7. The Bertz CT molecular complexity index is 574. The number of carbonyl (C=O) groups excluding carboxylic acids is 2. The topological polar surface area (TPSA) is 64.6 Å². The molecule has 1 aliphatic rings. The number of hydrogen-bond acceptors (Lipinski definition) is 4. The first-order valence-corrected chi connectivity index (χ1v) is 7.77. The molecule has 2 atom stereocenters. The molecule has 124 valence electrons. The van der Waals surface area contributed by atoms with Gasteiger partial charge < -0.3 is 14.8 Å². The third-order valence-corrected chi connectivity index (χ3v) is 3.29. The first-order valence-electron chi connectivity index (χ1n) is 7.77. The van der Waals surface area contributed by atoms with Crippen molar-refractivity contribution in [2.45, 2.75) is 51.4 Å². The molecule has 0 fully saturated rings. The van der Waals surface area contributed by atoms with Crippen LogP contribution in [0.2, 0.25) is 0 Å². The normalized spacial score (nSPS) is 20.7. The fraction of sp³-hybridized carbons (Fsp3) is 0.444. The van der Waals surface area contributed by atoms with Gasteiger partial charge in [-0.3, -0.25) is 0 Å². The van der Waals surface area contributed by atoms with Gasteiger partial charge in [0.1, 0.15) is 11.7 Å². The molecule has 1 N–H and O–H groups in total. The minimum atomic E-state index is -0.518. The van der Waals surface area contributed by atoms with Gasteiger partial charge in [0, 0.05) is 0 Å². The Balaban J connectivity index is 1.82. The van der Waals surface area contributed by atoms with E-state index in [4.69, 9.17) is 9.47 Å². The van der Waals surface area contributed by atoms with Crippen LogP contribution in [-0.2, 0) is 9.47 Å². The van der Waals surface area contributed by atoms with Gasteiger partial charge in [0.05, 0.1) is 11.6 Å². The second-order valence-corrected chi connectivity index (χ2v) is 6.52. The van der Waals surface area contributed by atoms with Crippen molar-refractivity contribution in [3.05, 3.63) is 48.0 Å². The van der Waals surface area contributed by atoms with Crippen molar-refractivity contribution < 1.29 is 19.1 Å². The molecule has 0 radical (unpaired) electrons. The number of esters is 1. The third-order valence-electron chi connectivity index (χ3n) is 3.29. The van der Waals surface area contributed by atoms with E-state index in [1.807, 2.05) is 39.0 Å². The average Bonchev–Trinajstić information content (AvgIpc) is 2.48. The largest absolute Gasteiger partial charge is 0.455 e. The predicted octanol–water partition coefficient (Wildman–Crippen LogP) is 3.46. The van der Waals surface area contributed by atoms with E-state index in [-0.39, 0.29) is 18.1 Å². The highest BCUT2D eigenvalue weighted by molar-refractivity contribution is 5.89. The number of ether oxygens (including phenoxy) is 2. The number of rotatable bonds is 3. The summed E-state index contributed by atoms with van der Waals surface area (Å²) in [6, 6.07) is 8.80. The van der Waals surface area contributed by atoms with Gasteiger partial charge in [-0.2, -0.15) is 0 Å². The van der Waals surface area contributed by atoms with Gasteiger partial charge in [0.15, 0.2) is 0 Å². The Morgan fingerprint density at radius 1 is 1.09 bits per heavy atom. The van der Waals surface area contributed by atoms with Crippen molar-refractivity contribution >= 4 is 12.1 Å². The molecule has 0 saturated heterocycles. The van der Waals surface area contributed by atoms with Gasteiger partial charge in [0.2, 0.25) is 0 Å². The molecule has 1 aromatic rings. The highest BCUT2D eigenvalue weighted by Crippen LogP contribution is 2.17. The zero-order chi connectivity index (χ0) is 16.9. The number of alkyl carbamates (subject to hydrolysis) is 1. The van der Waals surface area contributed by atoms with E-state index in [1.54, 1.807) is 24.3 Å². The van der Waals surface area contributed by atoms with Gasteiger partial charge in [-0.15, -0.1) is 0 Å². The number of hydrogen-bond donors (Lipinski definition) is 1. The van der Waals surface area contributed by atoms with Crippen LogP contribution >= 0.6 is 0 Å². The van der Waals surface area contributed by atoms with Crippen LogP contribution < -0.4 is 5.32 Å². The highest BCUT2D eigenvalue weighted by Gasteiger charge is 2.23. The molecule has 5 heteroatoms.